The van der Waals surface area contributed by atoms with Gasteiger partial charge in [-0.1, -0.05) is 224 Å². The fourth-order valence-corrected chi connectivity index (χ4v) is 15.1. The smallest absolute Gasteiger partial charge is 0.179 e. The summed E-state index contributed by atoms with van der Waals surface area (Å²) in [5.41, 5.74) is 11.8. The van der Waals surface area contributed by atoms with Crippen LogP contribution in [0.4, 0.5) is 0 Å². The highest BCUT2D eigenvalue weighted by molar-refractivity contribution is 7.20. The number of hydrogen-bond acceptors (Lipinski definition) is 0. The number of fused-ring (bicyclic) bond motifs is 6. The fraction of sp³-hybridized carbons (Fsp3) is 0. The topological polar surface area (TPSA) is 9.86 Å². The molecule has 2 aromatic heterocycles. The van der Waals surface area contributed by atoms with Gasteiger partial charge in [-0.2, -0.15) is 0 Å². The second-order valence-electron chi connectivity index (χ2n) is 16.4. The van der Waals surface area contributed by atoms with Gasteiger partial charge in [0.15, 0.2) is 8.07 Å². The maximum atomic E-state index is 2.52. The molecule has 0 atom stereocenters. The van der Waals surface area contributed by atoms with Crippen molar-refractivity contribution in [2.45, 2.75) is 0 Å². The van der Waals surface area contributed by atoms with Crippen LogP contribution in [0.15, 0.2) is 255 Å². The largest absolute Gasteiger partial charge is 0.309 e. The molecule has 0 aliphatic rings. The molecule has 0 saturated heterocycles. The molecular formula is C60H42N2Si. The van der Waals surface area contributed by atoms with E-state index in [4.69, 9.17) is 0 Å². The molecule has 10 aromatic carbocycles. The third kappa shape index (κ3) is 5.85. The van der Waals surface area contributed by atoms with Crippen LogP contribution in [-0.4, -0.2) is 17.2 Å². The van der Waals surface area contributed by atoms with E-state index in [0.29, 0.717) is 0 Å². The average Bonchev–Trinajstić information content (AvgIpc) is 3.88. The molecule has 2 heterocycles. The summed E-state index contributed by atoms with van der Waals surface area (Å²) in [5, 5.41) is 10.4. The molecule has 12 aromatic rings. The van der Waals surface area contributed by atoms with Crippen LogP contribution in [0.3, 0.4) is 0 Å². The number of nitrogens with zero attached hydrogens (tertiary/aromatic N) is 2. The van der Waals surface area contributed by atoms with E-state index in [2.05, 4.69) is 264 Å². The van der Waals surface area contributed by atoms with Gasteiger partial charge in [0.2, 0.25) is 0 Å². The maximum Gasteiger partial charge on any atom is 0.179 e. The normalized spacial score (nSPS) is 11.8. The van der Waals surface area contributed by atoms with Crippen molar-refractivity contribution in [3.63, 3.8) is 0 Å². The number of rotatable bonds is 8. The van der Waals surface area contributed by atoms with E-state index in [-0.39, 0.29) is 0 Å². The summed E-state index contributed by atoms with van der Waals surface area (Å²) >= 11 is 0. The van der Waals surface area contributed by atoms with Gasteiger partial charge in [0.25, 0.3) is 0 Å². The monoisotopic (exact) mass is 818 g/mol. The first-order chi connectivity index (χ1) is 31.3. The second kappa shape index (κ2) is 15.2. The van der Waals surface area contributed by atoms with Gasteiger partial charge in [-0.05, 0) is 62.2 Å². The van der Waals surface area contributed by atoms with E-state index in [1.165, 1.54) is 81.1 Å². The average molecular weight is 819 g/mol. The van der Waals surface area contributed by atoms with Crippen LogP contribution in [-0.2, 0) is 0 Å². The number of aromatic nitrogens is 2. The molecule has 0 spiro atoms. The minimum Gasteiger partial charge on any atom is -0.309 e. The van der Waals surface area contributed by atoms with Crippen LogP contribution in [0.5, 0.6) is 0 Å². The lowest BCUT2D eigenvalue weighted by Crippen LogP contribution is -2.74. The van der Waals surface area contributed by atoms with Crippen molar-refractivity contribution in [1.82, 2.24) is 9.13 Å². The number of para-hydroxylation sites is 3. The summed E-state index contributed by atoms with van der Waals surface area (Å²) in [6.07, 6.45) is 0. The Balaban J connectivity index is 1.18. The van der Waals surface area contributed by atoms with E-state index in [1.807, 2.05) is 0 Å². The van der Waals surface area contributed by atoms with Crippen molar-refractivity contribution >= 4 is 72.4 Å². The summed E-state index contributed by atoms with van der Waals surface area (Å²) in [4.78, 5) is 0. The van der Waals surface area contributed by atoms with E-state index < -0.39 is 8.07 Å². The SMILES string of the molecule is c1ccc(-c2ccccc2-n2c3cc(-n4c5ccccc5c5ccc([Si](c6ccccc6)(c6ccccc6)c6ccccc6)cc54)ccc3c3cccc(-c4ccccc4)c32)cc1. The molecule has 0 amide bonds. The summed E-state index contributed by atoms with van der Waals surface area (Å²) < 4.78 is 5.03. The van der Waals surface area contributed by atoms with Crippen LogP contribution < -0.4 is 20.7 Å². The number of hydrogen-bond donors (Lipinski definition) is 0. The maximum absolute atomic E-state index is 2.80. The highest BCUT2D eigenvalue weighted by atomic mass is 28.3. The molecule has 0 aliphatic heterocycles. The van der Waals surface area contributed by atoms with Crippen molar-refractivity contribution in [2.75, 3.05) is 0 Å². The Morgan fingerprint density at radius 2 is 0.730 bits per heavy atom. The molecule has 0 fully saturated rings. The molecule has 2 nitrogen and oxygen atoms in total. The van der Waals surface area contributed by atoms with Crippen LogP contribution in [0.1, 0.15) is 0 Å². The standard InChI is InChI=1S/C60H42N2Si/c1-6-21-43(22-7-1)50-31-16-18-35-56(50)62-58-41-45(37-39-54(58)55-34-20-33-51(60(55)62)44-23-8-2-9-24-44)61-57-36-19-17-32-52(57)53-40-38-49(42-59(53)61)63(46-25-10-3-11-26-46,47-27-12-4-13-28-47)48-29-14-5-15-30-48/h1-42H. The first-order valence-electron chi connectivity index (χ1n) is 21.8. The predicted molar refractivity (Wildman–Crippen MR) is 270 cm³/mol. The molecule has 3 heteroatoms. The molecular weight excluding hydrogens is 777 g/mol. The fourth-order valence-electron chi connectivity index (χ4n) is 10.4. The summed E-state index contributed by atoms with van der Waals surface area (Å²) in [6.45, 7) is 0. The highest BCUT2D eigenvalue weighted by Crippen LogP contribution is 2.42. The van der Waals surface area contributed by atoms with Gasteiger partial charge < -0.3 is 9.13 Å². The molecule has 0 aliphatic carbocycles. The zero-order chi connectivity index (χ0) is 41.7. The van der Waals surface area contributed by atoms with Crippen molar-refractivity contribution in [2.24, 2.45) is 0 Å². The van der Waals surface area contributed by atoms with Crippen molar-refractivity contribution in [3.8, 4) is 33.6 Å². The van der Waals surface area contributed by atoms with Gasteiger partial charge in [0.1, 0.15) is 0 Å². The summed E-state index contributed by atoms with van der Waals surface area (Å²) in [5.74, 6) is 0. The van der Waals surface area contributed by atoms with Gasteiger partial charge >= 0.3 is 0 Å². The molecule has 0 radical (unpaired) electrons. The van der Waals surface area contributed by atoms with Crippen LogP contribution in [0.25, 0.3) is 77.2 Å². The zero-order valence-corrected chi connectivity index (χ0v) is 35.6. The lowest BCUT2D eigenvalue weighted by Gasteiger charge is -2.34. The molecule has 0 N–H and O–H groups in total. The molecule has 0 saturated carbocycles. The van der Waals surface area contributed by atoms with Gasteiger partial charge in [0.05, 0.1) is 27.8 Å². The molecule has 0 bridgehead atoms. The predicted octanol–water partition coefficient (Wildman–Crippen LogP) is 12.6. The van der Waals surface area contributed by atoms with Crippen molar-refractivity contribution < 1.29 is 0 Å². The zero-order valence-electron chi connectivity index (χ0n) is 34.6. The number of benzene rings is 10. The quantitative estimate of drug-likeness (QED) is 0.107. The first-order valence-corrected chi connectivity index (χ1v) is 23.8. The molecule has 63 heavy (non-hydrogen) atoms. The lowest BCUT2D eigenvalue weighted by molar-refractivity contribution is 1.16. The van der Waals surface area contributed by atoms with Gasteiger partial charge in [0, 0.05) is 38.4 Å². The first kappa shape index (κ1) is 36.8. The summed E-state index contributed by atoms with van der Waals surface area (Å²) in [6, 6.07) is 94.3. The van der Waals surface area contributed by atoms with E-state index in [9.17, 15) is 0 Å². The third-order valence-corrected chi connectivity index (χ3v) is 17.8. The van der Waals surface area contributed by atoms with Crippen molar-refractivity contribution in [3.05, 3.63) is 255 Å². The Morgan fingerprint density at radius 3 is 1.38 bits per heavy atom. The van der Waals surface area contributed by atoms with E-state index >= 15 is 0 Å². The minimum atomic E-state index is -2.80. The Labute approximate surface area is 368 Å². The minimum absolute atomic E-state index is 1.12. The van der Waals surface area contributed by atoms with E-state index in [0.717, 1.165) is 16.9 Å². The second-order valence-corrected chi connectivity index (χ2v) is 20.2. The lowest BCUT2D eigenvalue weighted by atomic mass is 10.0. The van der Waals surface area contributed by atoms with Gasteiger partial charge in [-0.15, -0.1) is 0 Å². The Hall–Kier alpha value is -7.98. The molecule has 12 rings (SSSR count). The Morgan fingerprint density at radius 1 is 0.270 bits per heavy atom. The Kier molecular flexibility index (Phi) is 8.87. The van der Waals surface area contributed by atoms with Crippen LogP contribution >= 0.6 is 0 Å². The van der Waals surface area contributed by atoms with Crippen LogP contribution in [0, 0.1) is 0 Å². The van der Waals surface area contributed by atoms with Gasteiger partial charge in [-0.25, -0.2) is 0 Å². The highest BCUT2D eigenvalue weighted by Gasteiger charge is 2.41. The third-order valence-electron chi connectivity index (χ3n) is 13.1. The van der Waals surface area contributed by atoms with E-state index in [1.54, 1.807) is 0 Å². The molecule has 0 unspecified atom stereocenters. The van der Waals surface area contributed by atoms with Crippen molar-refractivity contribution in [1.29, 1.82) is 0 Å². The summed E-state index contributed by atoms with van der Waals surface area (Å²) in [7, 11) is -2.80. The molecule has 296 valence electrons. The van der Waals surface area contributed by atoms with Crippen LogP contribution in [0.2, 0.25) is 0 Å². The van der Waals surface area contributed by atoms with Gasteiger partial charge in [-0.3, -0.25) is 0 Å². The Bertz CT molecular complexity index is 3500.